The number of amides is 1. The molecular formula is C31H34F3N5O. The quantitative estimate of drug-likeness (QED) is 0.388. The molecule has 2 N–H and O–H groups in total. The fraction of sp³-hybridized carbons (Fsp3) is 0.419. The van der Waals surface area contributed by atoms with Gasteiger partial charge in [-0.3, -0.25) is 14.8 Å². The van der Waals surface area contributed by atoms with Gasteiger partial charge in [0.15, 0.2) is 5.82 Å². The molecule has 6 nitrogen and oxygen atoms in total. The number of aromatic amines is 1. The number of hydrogen-bond acceptors (Lipinski definition) is 4. The summed E-state index contributed by atoms with van der Waals surface area (Å²) in [7, 11) is 0. The summed E-state index contributed by atoms with van der Waals surface area (Å²) >= 11 is 0. The van der Waals surface area contributed by atoms with Crippen molar-refractivity contribution < 1.29 is 18.0 Å². The van der Waals surface area contributed by atoms with Gasteiger partial charge in [-0.2, -0.15) is 5.10 Å². The maximum Gasteiger partial charge on any atom is 0.267 e. The Morgan fingerprint density at radius 3 is 2.65 bits per heavy atom. The van der Waals surface area contributed by atoms with Gasteiger partial charge < -0.3 is 10.2 Å². The van der Waals surface area contributed by atoms with E-state index in [1.165, 1.54) is 31.1 Å². The van der Waals surface area contributed by atoms with Gasteiger partial charge in [-0.1, -0.05) is 18.2 Å². The number of hydrogen-bond donors (Lipinski definition) is 2. The number of anilines is 1. The van der Waals surface area contributed by atoms with Gasteiger partial charge in [0, 0.05) is 37.0 Å². The number of nitrogens with zero attached hydrogens (tertiary/aromatic N) is 3. The number of rotatable bonds is 8. The van der Waals surface area contributed by atoms with Crippen molar-refractivity contribution in [3.8, 4) is 0 Å². The largest absolute Gasteiger partial charge is 0.306 e. The van der Waals surface area contributed by atoms with Crippen LogP contribution in [-0.2, 0) is 11.2 Å². The molecule has 1 aromatic heterocycles. The van der Waals surface area contributed by atoms with Crippen molar-refractivity contribution >= 4 is 22.6 Å². The molecule has 3 heterocycles. The van der Waals surface area contributed by atoms with Gasteiger partial charge in [-0.25, -0.2) is 13.2 Å². The highest BCUT2D eigenvalue weighted by Crippen LogP contribution is 2.31. The number of H-pyrrole nitrogens is 1. The molecule has 9 heteroatoms. The molecule has 2 aromatic carbocycles. The summed E-state index contributed by atoms with van der Waals surface area (Å²) in [5, 5.41) is 10.3. The molecule has 210 valence electrons. The Hall–Kier alpha value is -3.43. The molecule has 2 atom stereocenters. The number of fused-ring (bicyclic) bond motifs is 1. The molecule has 2 aliphatic heterocycles. The average molecular weight is 550 g/mol. The standard InChI is InChI=1S/C31H34F3N5O/c32-24-14-23(15-25(33)17-24)13-21-7-8-28-27(16-21)29(37-36-28)35-30(40)31(34)9-3-5-22(18-31)19-39-12-4-6-26(39)20-38-10-1-2-11-38/h3,5,7-8,14-18,26H,1-2,4,6,9-13,19-20H2,(H2,35,36,37,40)/t26-,31?/m0/s1. The van der Waals surface area contributed by atoms with Gasteiger partial charge in [-0.15, -0.1) is 0 Å². The molecule has 0 spiro atoms. The maximum atomic E-state index is 16.1. The Bertz CT molecular complexity index is 1440. The zero-order chi connectivity index (χ0) is 27.7. The summed E-state index contributed by atoms with van der Waals surface area (Å²) in [4.78, 5) is 18.2. The minimum atomic E-state index is -2.18. The van der Waals surface area contributed by atoms with Crippen LogP contribution in [0.1, 0.15) is 43.2 Å². The first-order valence-electron chi connectivity index (χ1n) is 14.1. The minimum absolute atomic E-state index is 0.0434. The fourth-order valence-electron chi connectivity index (χ4n) is 6.27. The van der Waals surface area contributed by atoms with Crippen molar-refractivity contribution in [1.29, 1.82) is 0 Å². The summed E-state index contributed by atoms with van der Waals surface area (Å²) in [5.74, 6) is -1.82. The lowest BCUT2D eigenvalue weighted by atomic mass is 9.92. The number of halogens is 3. The number of allylic oxidation sites excluding steroid dienone is 1. The zero-order valence-corrected chi connectivity index (χ0v) is 22.4. The normalized spacial score (nSPS) is 23.7. The van der Waals surface area contributed by atoms with Gasteiger partial charge in [0.25, 0.3) is 5.91 Å². The van der Waals surface area contributed by atoms with Crippen molar-refractivity contribution in [2.24, 2.45) is 0 Å². The Kier molecular flexibility index (Phi) is 7.51. The summed E-state index contributed by atoms with van der Waals surface area (Å²) < 4.78 is 43.4. The predicted octanol–water partition coefficient (Wildman–Crippen LogP) is 5.53. The molecule has 3 aliphatic rings. The molecule has 1 aliphatic carbocycles. The molecule has 0 saturated carbocycles. The van der Waals surface area contributed by atoms with E-state index in [-0.39, 0.29) is 12.2 Å². The van der Waals surface area contributed by atoms with Crippen LogP contribution in [0.2, 0.25) is 0 Å². The molecule has 2 saturated heterocycles. The van der Waals surface area contributed by atoms with Crippen LogP contribution >= 0.6 is 0 Å². The highest BCUT2D eigenvalue weighted by Gasteiger charge is 2.38. The van der Waals surface area contributed by atoms with Crippen LogP contribution in [0.15, 0.2) is 60.2 Å². The molecule has 3 aromatic rings. The van der Waals surface area contributed by atoms with Crippen molar-refractivity contribution in [3.63, 3.8) is 0 Å². The van der Waals surface area contributed by atoms with Gasteiger partial charge in [0.1, 0.15) is 11.6 Å². The Balaban J connectivity index is 1.15. The molecule has 40 heavy (non-hydrogen) atoms. The topological polar surface area (TPSA) is 64.3 Å². The average Bonchev–Trinajstić information content (AvgIpc) is 3.67. The molecule has 6 rings (SSSR count). The Morgan fingerprint density at radius 2 is 1.85 bits per heavy atom. The summed E-state index contributed by atoms with van der Waals surface area (Å²) in [6.45, 7) is 4.99. The third kappa shape index (κ3) is 5.86. The highest BCUT2D eigenvalue weighted by molar-refractivity contribution is 6.04. The first-order valence-corrected chi connectivity index (χ1v) is 14.1. The minimum Gasteiger partial charge on any atom is -0.306 e. The third-order valence-electron chi connectivity index (χ3n) is 8.28. The number of benzene rings is 2. The first-order chi connectivity index (χ1) is 19.3. The van der Waals surface area contributed by atoms with E-state index in [4.69, 9.17) is 0 Å². The van der Waals surface area contributed by atoms with E-state index in [2.05, 4.69) is 25.3 Å². The van der Waals surface area contributed by atoms with E-state index in [9.17, 15) is 13.6 Å². The van der Waals surface area contributed by atoms with Gasteiger partial charge in [0.2, 0.25) is 5.67 Å². The van der Waals surface area contributed by atoms with Crippen LogP contribution < -0.4 is 5.32 Å². The van der Waals surface area contributed by atoms with Crippen molar-refractivity contribution in [3.05, 3.63) is 83.0 Å². The number of carbonyl (C=O) groups excluding carboxylic acids is 1. The highest BCUT2D eigenvalue weighted by atomic mass is 19.1. The first kappa shape index (κ1) is 26.8. The van der Waals surface area contributed by atoms with Crippen molar-refractivity contribution in [1.82, 2.24) is 20.0 Å². The maximum absolute atomic E-state index is 16.1. The smallest absolute Gasteiger partial charge is 0.267 e. The molecular weight excluding hydrogens is 515 g/mol. The number of alkyl halides is 1. The lowest BCUT2D eigenvalue weighted by molar-refractivity contribution is -0.124. The van der Waals surface area contributed by atoms with Crippen LogP contribution in [0.5, 0.6) is 0 Å². The van der Waals surface area contributed by atoms with Crippen LogP contribution in [0, 0.1) is 11.6 Å². The molecule has 1 unspecified atom stereocenters. The van der Waals surface area contributed by atoms with Crippen molar-refractivity contribution in [2.75, 3.05) is 38.0 Å². The van der Waals surface area contributed by atoms with Crippen LogP contribution in [0.3, 0.4) is 0 Å². The summed E-state index contributed by atoms with van der Waals surface area (Å²) in [6.07, 6.45) is 10.2. The second-order valence-electron chi connectivity index (χ2n) is 11.3. The van der Waals surface area contributed by atoms with E-state index < -0.39 is 23.2 Å². The van der Waals surface area contributed by atoms with Gasteiger partial charge >= 0.3 is 0 Å². The number of nitrogens with one attached hydrogen (secondary N) is 2. The number of aromatic nitrogens is 2. The SMILES string of the molecule is O=C(Nc1n[nH]c2ccc(Cc3cc(F)cc(F)c3)cc12)C1(F)C=C(CN2CCC[C@H]2CN2CCCC2)C=CC1. The lowest BCUT2D eigenvalue weighted by Crippen LogP contribution is -2.41. The molecule has 1 amide bonds. The second kappa shape index (κ2) is 11.2. The van der Waals surface area contributed by atoms with Crippen LogP contribution in [-0.4, -0.2) is 70.3 Å². The Labute approximate surface area is 231 Å². The molecule has 2 fully saturated rings. The monoisotopic (exact) mass is 549 g/mol. The van der Waals surface area contributed by atoms with Crippen LogP contribution in [0.4, 0.5) is 19.0 Å². The second-order valence-corrected chi connectivity index (χ2v) is 11.3. The summed E-state index contributed by atoms with van der Waals surface area (Å²) in [6, 6.07) is 9.27. The molecule has 0 radical (unpaired) electrons. The van der Waals surface area contributed by atoms with Gasteiger partial charge in [0.05, 0.1) is 5.52 Å². The fourth-order valence-corrected chi connectivity index (χ4v) is 6.27. The Morgan fingerprint density at radius 1 is 1.05 bits per heavy atom. The van der Waals surface area contributed by atoms with Crippen molar-refractivity contribution in [2.45, 2.75) is 50.2 Å². The molecule has 0 bridgehead atoms. The number of likely N-dealkylation sites (tertiary alicyclic amines) is 2. The zero-order valence-electron chi connectivity index (χ0n) is 22.4. The van der Waals surface area contributed by atoms with E-state index >= 15 is 4.39 Å². The number of carbonyl (C=O) groups is 1. The summed E-state index contributed by atoms with van der Waals surface area (Å²) in [5.41, 5.74) is 0.558. The lowest BCUT2D eigenvalue weighted by Gasteiger charge is -2.30. The van der Waals surface area contributed by atoms with Crippen LogP contribution in [0.25, 0.3) is 10.9 Å². The van der Waals surface area contributed by atoms with Gasteiger partial charge in [-0.05, 0) is 98.8 Å². The van der Waals surface area contributed by atoms with E-state index in [1.54, 1.807) is 18.2 Å². The van der Waals surface area contributed by atoms with E-state index in [0.717, 1.165) is 56.2 Å². The van der Waals surface area contributed by atoms with E-state index in [1.807, 2.05) is 12.1 Å². The predicted molar refractivity (Wildman–Crippen MR) is 150 cm³/mol. The third-order valence-corrected chi connectivity index (χ3v) is 8.28. The van der Waals surface area contributed by atoms with E-state index in [0.29, 0.717) is 35.5 Å².